The quantitative estimate of drug-likeness (QED) is 0.0183. The topological polar surface area (TPSA) is 353 Å². The van der Waals surface area contributed by atoms with Crippen LogP contribution in [0.2, 0.25) is 0 Å². The minimum Gasteiger partial charge on any atom is -0.450 e. The van der Waals surface area contributed by atoms with Gasteiger partial charge in [-0.15, -0.1) is 0 Å². The number of aliphatic hydroxyl groups excluding tert-OH is 1. The number of hydrogen-bond acceptors (Lipinski definition) is 20. The Morgan fingerprint density at radius 1 is 0.564 bits per heavy atom. The molecule has 0 radical (unpaired) electrons. The highest BCUT2D eigenvalue weighted by Crippen LogP contribution is 2.37. The number of cyclic esters (lactones) is 1. The van der Waals surface area contributed by atoms with Crippen LogP contribution in [0.5, 0.6) is 0 Å². The van der Waals surface area contributed by atoms with Gasteiger partial charge in [0.05, 0.1) is 11.8 Å². The van der Waals surface area contributed by atoms with E-state index in [1.807, 2.05) is 69.2 Å². The van der Waals surface area contributed by atoms with Crippen molar-refractivity contribution in [2.24, 2.45) is 11.8 Å². The Morgan fingerprint density at radius 2 is 1.06 bits per heavy atom. The Morgan fingerprint density at radius 3 is 1.61 bits per heavy atom. The van der Waals surface area contributed by atoms with Crippen LogP contribution in [-0.4, -0.2) is 237 Å². The Hall–Kier alpha value is -7.84. The molecule has 610 valence electrons. The molecule has 27 nitrogen and oxygen atoms in total. The molecule has 4 rings (SSSR count). The zero-order valence-corrected chi connectivity index (χ0v) is 70.4. The molecular formula is C79H120N12O15S4. The minimum atomic E-state index is -1.68. The second-order valence-electron chi connectivity index (χ2n) is 30.6. The minimum absolute atomic E-state index is 0.0158. The lowest BCUT2D eigenvalue weighted by molar-refractivity contribution is -0.158. The lowest BCUT2D eigenvalue weighted by Crippen LogP contribution is -2.60. The van der Waals surface area contributed by atoms with Crippen molar-refractivity contribution in [3.05, 3.63) is 120 Å². The molecule has 1 heterocycles. The third-order valence-electron chi connectivity index (χ3n) is 17.9. The van der Waals surface area contributed by atoms with Gasteiger partial charge in [-0.05, 0) is 94.7 Å². The fraction of sp³-hybridized carbons (Fsp3) is 0.595. The predicted octanol–water partition coefficient (Wildman–Crippen LogP) is 6.75. The van der Waals surface area contributed by atoms with Gasteiger partial charge in [0.2, 0.25) is 53.2 Å². The SMILES string of the molecule is C=CCOC(=O)N[C@@H](CSSC(C)(C)C)C(=O)NCCCC[C@@H]1NC(=O)[C@H](Cc2ccccc2)NC(=O)C(CSSC(C)(C)C)OC(=O)[C@H](Cc2ccccc2)NC(O)[C@H](C)NC(=O)[C@H](C)N(C)C(=O)[C@H](Cc2ccccc2)N(C)C(=O)[C@H](C)NC(=O)[C@H](CC(C)C)N(C)C(=O)[C@H](C)N(C)C(=O)[C@H](CC(C)C)NC1=O. The molecule has 2 unspecified atom stereocenters. The first-order valence-electron chi connectivity index (χ1n) is 37.4. The summed E-state index contributed by atoms with van der Waals surface area (Å²) in [5.74, 6) is -8.58. The van der Waals surface area contributed by atoms with E-state index in [4.69, 9.17) is 9.47 Å². The van der Waals surface area contributed by atoms with Crippen molar-refractivity contribution in [3.8, 4) is 0 Å². The first kappa shape index (κ1) is 94.5. The molecule has 3 aromatic rings. The van der Waals surface area contributed by atoms with Crippen LogP contribution in [-0.2, 0) is 81.5 Å². The summed E-state index contributed by atoms with van der Waals surface area (Å²) in [5.41, 5.74) is 1.87. The molecule has 0 aliphatic carbocycles. The molecule has 11 amide bonds. The third kappa shape index (κ3) is 32.5. The van der Waals surface area contributed by atoms with Crippen molar-refractivity contribution in [2.75, 3.05) is 52.8 Å². The second kappa shape index (κ2) is 46.2. The summed E-state index contributed by atoms with van der Waals surface area (Å²) in [6.07, 6.45) is -2.52. The van der Waals surface area contributed by atoms with Gasteiger partial charge in [-0.25, -0.2) is 4.79 Å². The lowest BCUT2D eigenvalue weighted by atomic mass is 9.99. The third-order valence-corrected chi connectivity index (χ3v) is 24.6. The normalized spacial score (nSPS) is 24.0. The molecule has 0 saturated carbocycles. The summed E-state index contributed by atoms with van der Waals surface area (Å²) in [7, 11) is 11.2. The molecule has 1 aliphatic heterocycles. The summed E-state index contributed by atoms with van der Waals surface area (Å²) < 4.78 is 10.8. The molecule has 0 spiro atoms. The number of likely N-dealkylation sites (N-methyl/N-ethyl adjacent to an activating group) is 4. The molecule has 13 atom stereocenters. The molecule has 3 aromatic carbocycles. The first-order chi connectivity index (χ1) is 51.6. The van der Waals surface area contributed by atoms with Crippen LogP contribution in [0.25, 0.3) is 0 Å². The largest absolute Gasteiger partial charge is 0.450 e. The molecule has 0 aromatic heterocycles. The van der Waals surface area contributed by atoms with E-state index in [-0.39, 0.29) is 97.4 Å². The van der Waals surface area contributed by atoms with E-state index in [1.165, 1.54) is 125 Å². The number of rotatable bonds is 25. The summed E-state index contributed by atoms with van der Waals surface area (Å²) in [6, 6.07) is 12.4. The van der Waals surface area contributed by atoms with Gasteiger partial charge in [-0.2, -0.15) is 0 Å². The maximum absolute atomic E-state index is 15.3. The Labute approximate surface area is 666 Å². The highest BCUT2D eigenvalue weighted by atomic mass is 33.1. The molecule has 1 saturated heterocycles. The van der Waals surface area contributed by atoms with Crippen LogP contribution in [0.3, 0.4) is 0 Å². The number of alkyl carbamates (subject to hydrolysis) is 1. The van der Waals surface area contributed by atoms with E-state index in [0.717, 1.165) is 0 Å². The molecule has 1 aliphatic rings. The van der Waals surface area contributed by atoms with Crippen LogP contribution in [0.1, 0.15) is 146 Å². The van der Waals surface area contributed by atoms with Gasteiger partial charge >= 0.3 is 12.1 Å². The van der Waals surface area contributed by atoms with Gasteiger partial charge in [0.1, 0.15) is 73.3 Å². The second-order valence-corrected chi connectivity index (χ2v) is 37.0. The number of benzene rings is 3. The predicted molar refractivity (Wildman–Crippen MR) is 436 cm³/mol. The summed E-state index contributed by atoms with van der Waals surface area (Å²) >= 11 is 0. The van der Waals surface area contributed by atoms with Crippen molar-refractivity contribution >= 4 is 114 Å². The average Bonchev–Trinajstić information content (AvgIpc) is 0.830. The summed E-state index contributed by atoms with van der Waals surface area (Å²) in [6.45, 7) is 28.7. The van der Waals surface area contributed by atoms with E-state index >= 15 is 19.2 Å². The number of unbranched alkanes of at least 4 members (excludes halogenated alkanes) is 1. The van der Waals surface area contributed by atoms with Crippen molar-refractivity contribution in [1.29, 1.82) is 0 Å². The Balaban J connectivity index is 1.91. The van der Waals surface area contributed by atoms with Gasteiger partial charge in [0, 0.05) is 62.8 Å². The van der Waals surface area contributed by atoms with Crippen molar-refractivity contribution in [1.82, 2.24) is 62.1 Å². The fourth-order valence-electron chi connectivity index (χ4n) is 11.5. The maximum Gasteiger partial charge on any atom is 0.408 e. The highest BCUT2D eigenvalue weighted by Gasteiger charge is 2.41. The zero-order chi connectivity index (χ0) is 82.3. The molecule has 110 heavy (non-hydrogen) atoms. The Kier molecular flexibility index (Phi) is 39.7. The van der Waals surface area contributed by atoms with Crippen molar-refractivity contribution < 1.29 is 72.1 Å². The molecule has 0 bridgehead atoms. The van der Waals surface area contributed by atoms with Gasteiger partial charge in [-0.1, -0.05) is 216 Å². The van der Waals surface area contributed by atoms with Gasteiger partial charge in [-0.3, -0.25) is 58.1 Å². The van der Waals surface area contributed by atoms with Crippen molar-refractivity contribution in [2.45, 2.75) is 237 Å². The van der Waals surface area contributed by atoms with E-state index in [9.17, 15) is 43.5 Å². The number of esters is 1. The number of ether oxygens (including phenoxy) is 2. The maximum atomic E-state index is 15.3. The van der Waals surface area contributed by atoms with Crippen LogP contribution < -0.4 is 42.5 Å². The van der Waals surface area contributed by atoms with E-state index in [0.29, 0.717) is 16.7 Å². The van der Waals surface area contributed by atoms with Gasteiger partial charge in [0.15, 0.2) is 6.10 Å². The number of hydrogen-bond donors (Lipinski definition) is 9. The van der Waals surface area contributed by atoms with Crippen LogP contribution in [0, 0.1) is 11.8 Å². The fourth-order valence-corrected chi connectivity index (χ4v) is 16.4. The molecule has 1 fully saturated rings. The zero-order valence-electron chi connectivity index (χ0n) is 67.2. The summed E-state index contributed by atoms with van der Waals surface area (Å²) in [5, 5.41) is 34.5. The summed E-state index contributed by atoms with van der Waals surface area (Å²) in [4.78, 5) is 181. The lowest BCUT2D eigenvalue weighted by Gasteiger charge is -2.36. The van der Waals surface area contributed by atoms with E-state index < -0.39 is 150 Å². The van der Waals surface area contributed by atoms with Crippen LogP contribution >= 0.6 is 43.2 Å². The molecule has 9 N–H and O–H groups in total. The highest BCUT2D eigenvalue weighted by molar-refractivity contribution is 8.77. The monoisotopic (exact) mass is 1600 g/mol. The smallest absolute Gasteiger partial charge is 0.408 e. The average molecular weight is 1610 g/mol. The van der Waals surface area contributed by atoms with Crippen molar-refractivity contribution in [3.63, 3.8) is 0 Å². The Bertz CT molecular complexity index is 3520. The number of amides is 11. The number of carbonyl (C=O) groups excluding carboxylic acids is 12. The first-order valence-corrected chi connectivity index (χ1v) is 42.0. The van der Waals surface area contributed by atoms with Gasteiger partial charge < -0.3 is 71.4 Å². The van der Waals surface area contributed by atoms with Crippen LogP contribution in [0.15, 0.2) is 104 Å². The molecular weight excluding hydrogens is 1490 g/mol. The van der Waals surface area contributed by atoms with Gasteiger partial charge in [0.25, 0.3) is 5.91 Å². The van der Waals surface area contributed by atoms with Crippen LogP contribution in [0.4, 0.5) is 4.79 Å². The standard InChI is InChI=1S/C79H120N12O15S4/c1-20-40-105-77(104)87-61(46-107-109-78(10,11)12)67(94)80-39-31-30-38-57-68(95)85-59(41-48(2)3)74(101)89(17)53(9)73(100)90(18)62(42-49(4)5)70(97)82-51(7)72(99)91(19)63(45-56-36-28-23-29-37-56)75(102)88(16)52(8)66(93)81-50(6)65(92)86-60(44-55-34-26-22-27-35-55)76(103)106-64(47-108-110-79(13,14)15)71(98)84-58(69(96)83-57)43-54-32-24-21-25-33-54/h20-29,32-37,48-53,57-65,86,92H,1,30-31,38-47H2,2-19H3,(H,80,94)(H,81,93)(H,82,97)(H,83,96)(H,84,98)(H,85,95)(H,87,104)/t50-,51-,52-,53-,57-,58-,59-,60-,61-,62-,63-,64?,65?/m0/s1. The van der Waals surface area contributed by atoms with E-state index in [1.54, 1.807) is 91.0 Å². The number of nitrogens with one attached hydrogen (secondary N) is 8. The van der Waals surface area contributed by atoms with E-state index in [2.05, 4.69) is 49.1 Å². The molecule has 31 heteroatoms. The number of carbonyl (C=O) groups is 12. The number of aliphatic hydroxyl groups is 1. The number of nitrogens with zero attached hydrogens (tertiary/aromatic N) is 4.